The minimum atomic E-state index is -0.690. The van der Waals surface area contributed by atoms with Gasteiger partial charge in [0.2, 0.25) is 0 Å². The Bertz CT molecular complexity index is 417. The highest BCUT2D eigenvalue weighted by Crippen LogP contribution is 2.22. The number of hydrogen-bond acceptors (Lipinski definition) is 3. The largest absolute Gasteiger partial charge is 0.481 e. The molecule has 1 unspecified atom stereocenters. The molecule has 0 radical (unpaired) electrons. The van der Waals surface area contributed by atoms with Gasteiger partial charge in [-0.25, -0.2) is 0 Å². The van der Waals surface area contributed by atoms with Gasteiger partial charge in [-0.15, -0.1) is 0 Å². The molecule has 0 aromatic carbocycles. The summed E-state index contributed by atoms with van der Waals surface area (Å²) in [6.45, 7) is 4.93. The van der Waals surface area contributed by atoms with Crippen LogP contribution in [0.15, 0.2) is 12.4 Å². The molecular weight excluding hydrogens is 242 g/mol. The van der Waals surface area contributed by atoms with Gasteiger partial charge in [-0.05, 0) is 32.7 Å². The molecule has 19 heavy (non-hydrogen) atoms. The molecule has 1 aliphatic heterocycles. The molecule has 2 heterocycles. The van der Waals surface area contributed by atoms with E-state index in [4.69, 9.17) is 5.11 Å². The van der Waals surface area contributed by atoms with Crippen LogP contribution in [0.1, 0.15) is 44.6 Å². The van der Waals surface area contributed by atoms with Crippen molar-refractivity contribution < 1.29 is 9.90 Å². The summed E-state index contributed by atoms with van der Waals surface area (Å²) in [7, 11) is 0. The van der Waals surface area contributed by atoms with Crippen LogP contribution >= 0.6 is 0 Å². The quantitative estimate of drug-likeness (QED) is 0.856. The Labute approximate surface area is 114 Å². The summed E-state index contributed by atoms with van der Waals surface area (Å²) >= 11 is 0. The molecular formula is C14H23N3O2. The Kier molecular flexibility index (Phi) is 4.96. The molecule has 0 bridgehead atoms. The van der Waals surface area contributed by atoms with E-state index in [1.165, 1.54) is 18.4 Å². The van der Waals surface area contributed by atoms with Crippen LogP contribution in [-0.2, 0) is 17.9 Å². The van der Waals surface area contributed by atoms with E-state index in [9.17, 15) is 4.79 Å². The van der Waals surface area contributed by atoms with Crippen molar-refractivity contribution in [2.75, 3.05) is 6.54 Å². The summed E-state index contributed by atoms with van der Waals surface area (Å²) in [5.41, 5.74) is 1.23. The number of rotatable bonds is 6. The van der Waals surface area contributed by atoms with Crippen LogP contribution in [0.2, 0.25) is 0 Å². The van der Waals surface area contributed by atoms with Crippen LogP contribution in [0.3, 0.4) is 0 Å². The minimum absolute atomic E-state index is 0.273. The molecule has 1 aliphatic rings. The minimum Gasteiger partial charge on any atom is -0.481 e. The maximum atomic E-state index is 10.7. The van der Waals surface area contributed by atoms with Gasteiger partial charge in [-0.2, -0.15) is 5.10 Å². The van der Waals surface area contributed by atoms with Crippen molar-refractivity contribution in [2.24, 2.45) is 0 Å². The number of aliphatic carboxylic acids is 1. The van der Waals surface area contributed by atoms with Crippen LogP contribution in [0.4, 0.5) is 0 Å². The summed E-state index contributed by atoms with van der Waals surface area (Å²) < 4.78 is 1.94. The fourth-order valence-corrected chi connectivity index (χ4v) is 2.78. The van der Waals surface area contributed by atoms with Gasteiger partial charge in [0.25, 0.3) is 0 Å². The lowest BCUT2D eigenvalue weighted by molar-refractivity contribution is -0.137. The summed E-state index contributed by atoms with van der Waals surface area (Å²) in [5, 5.41) is 13.1. The van der Waals surface area contributed by atoms with E-state index in [0.717, 1.165) is 32.5 Å². The first-order valence-corrected chi connectivity index (χ1v) is 7.16. The van der Waals surface area contributed by atoms with Gasteiger partial charge < -0.3 is 5.11 Å². The fraction of sp³-hybridized carbons (Fsp3) is 0.714. The second kappa shape index (κ2) is 6.70. The lowest BCUT2D eigenvalue weighted by atomic mass is 9.97. The molecule has 1 N–H and O–H groups in total. The summed E-state index contributed by atoms with van der Waals surface area (Å²) in [4.78, 5) is 13.1. The van der Waals surface area contributed by atoms with Crippen LogP contribution in [0, 0.1) is 0 Å². The van der Waals surface area contributed by atoms with Crippen LogP contribution in [-0.4, -0.2) is 38.3 Å². The van der Waals surface area contributed by atoms with Gasteiger partial charge in [0.05, 0.1) is 6.20 Å². The predicted octanol–water partition coefficient (Wildman–Crippen LogP) is 2.12. The predicted molar refractivity (Wildman–Crippen MR) is 72.8 cm³/mol. The molecule has 1 saturated heterocycles. The third kappa shape index (κ3) is 4.06. The van der Waals surface area contributed by atoms with E-state index in [1.807, 2.05) is 10.9 Å². The maximum absolute atomic E-state index is 10.7. The summed E-state index contributed by atoms with van der Waals surface area (Å²) in [6.07, 6.45) is 8.59. The second-order valence-corrected chi connectivity index (χ2v) is 5.26. The Morgan fingerprint density at radius 3 is 3.05 bits per heavy atom. The summed E-state index contributed by atoms with van der Waals surface area (Å²) in [5.74, 6) is -0.690. The van der Waals surface area contributed by atoms with Gasteiger partial charge in [0.1, 0.15) is 0 Å². The standard InChI is InChI=1S/C14H23N3O2/c1-2-17-11-12(9-15-17)10-16-8-4-3-5-13(16)6-7-14(18)19/h9,11,13H,2-8,10H2,1H3,(H,18,19). The molecule has 0 spiro atoms. The third-order valence-corrected chi connectivity index (χ3v) is 3.84. The van der Waals surface area contributed by atoms with Crippen LogP contribution < -0.4 is 0 Å². The monoisotopic (exact) mass is 265 g/mol. The van der Waals surface area contributed by atoms with E-state index >= 15 is 0 Å². The molecule has 1 atom stereocenters. The molecule has 1 aromatic rings. The number of aryl methyl sites for hydroxylation is 1. The van der Waals surface area contributed by atoms with Crippen molar-refractivity contribution in [1.82, 2.24) is 14.7 Å². The smallest absolute Gasteiger partial charge is 0.303 e. The topological polar surface area (TPSA) is 58.4 Å². The Morgan fingerprint density at radius 1 is 1.53 bits per heavy atom. The lowest BCUT2D eigenvalue weighted by Gasteiger charge is -2.35. The van der Waals surface area contributed by atoms with Crippen molar-refractivity contribution in [3.8, 4) is 0 Å². The zero-order valence-corrected chi connectivity index (χ0v) is 11.6. The van der Waals surface area contributed by atoms with Crippen molar-refractivity contribution >= 4 is 5.97 Å². The molecule has 0 aliphatic carbocycles. The zero-order valence-electron chi connectivity index (χ0n) is 11.6. The number of piperidine rings is 1. The first kappa shape index (κ1) is 14.1. The highest BCUT2D eigenvalue weighted by atomic mass is 16.4. The third-order valence-electron chi connectivity index (χ3n) is 3.84. The Morgan fingerprint density at radius 2 is 2.37 bits per heavy atom. The molecule has 0 saturated carbocycles. The van der Waals surface area contributed by atoms with Gasteiger partial charge >= 0.3 is 5.97 Å². The molecule has 5 nitrogen and oxygen atoms in total. The van der Waals surface area contributed by atoms with Gasteiger partial charge in [-0.3, -0.25) is 14.4 Å². The Balaban J connectivity index is 1.92. The second-order valence-electron chi connectivity index (χ2n) is 5.26. The number of nitrogens with zero attached hydrogens (tertiary/aromatic N) is 3. The maximum Gasteiger partial charge on any atom is 0.303 e. The van der Waals surface area contributed by atoms with Crippen molar-refractivity contribution in [2.45, 2.75) is 58.2 Å². The van der Waals surface area contributed by atoms with E-state index in [2.05, 4.69) is 23.1 Å². The molecule has 1 fully saturated rings. The van der Waals surface area contributed by atoms with E-state index < -0.39 is 5.97 Å². The average Bonchev–Trinajstić information content (AvgIpc) is 2.85. The summed E-state index contributed by atoms with van der Waals surface area (Å²) in [6, 6.07) is 0.412. The Hall–Kier alpha value is -1.36. The number of carbonyl (C=O) groups is 1. The highest BCUT2D eigenvalue weighted by molar-refractivity contribution is 5.66. The average molecular weight is 265 g/mol. The lowest BCUT2D eigenvalue weighted by Crippen LogP contribution is -2.39. The number of hydrogen-bond donors (Lipinski definition) is 1. The van der Waals surface area contributed by atoms with Crippen molar-refractivity contribution in [3.63, 3.8) is 0 Å². The van der Waals surface area contributed by atoms with Gasteiger partial charge in [0, 0.05) is 37.3 Å². The van der Waals surface area contributed by atoms with Crippen LogP contribution in [0.25, 0.3) is 0 Å². The molecule has 5 heteroatoms. The van der Waals surface area contributed by atoms with Crippen molar-refractivity contribution in [1.29, 1.82) is 0 Å². The zero-order chi connectivity index (χ0) is 13.7. The van der Waals surface area contributed by atoms with E-state index in [-0.39, 0.29) is 6.42 Å². The number of carboxylic acids is 1. The fourth-order valence-electron chi connectivity index (χ4n) is 2.78. The number of carboxylic acid groups (broad SMARTS) is 1. The first-order chi connectivity index (χ1) is 9.19. The van der Waals surface area contributed by atoms with E-state index in [0.29, 0.717) is 6.04 Å². The van der Waals surface area contributed by atoms with Gasteiger partial charge in [-0.1, -0.05) is 6.42 Å². The number of likely N-dealkylation sites (tertiary alicyclic amines) is 1. The van der Waals surface area contributed by atoms with Crippen molar-refractivity contribution in [3.05, 3.63) is 18.0 Å². The first-order valence-electron chi connectivity index (χ1n) is 7.16. The highest BCUT2D eigenvalue weighted by Gasteiger charge is 2.23. The number of aromatic nitrogens is 2. The SMILES string of the molecule is CCn1cc(CN2CCCCC2CCC(=O)O)cn1. The molecule has 2 rings (SSSR count). The molecule has 0 amide bonds. The van der Waals surface area contributed by atoms with E-state index in [1.54, 1.807) is 0 Å². The van der Waals surface area contributed by atoms with Gasteiger partial charge in [0.15, 0.2) is 0 Å². The molecule has 1 aromatic heterocycles. The molecule has 106 valence electrons. The van der Waals surface area contributed by atoms with Crippen LogP contribution in [0.5, 0.6) is 0 Å². The normalized spacial score (nSPS) is 20.6.